The van der Waals surface area contributed by atoms with Gasteiger partial charge in [0.25, 0.3) is 0 Å². The molecule has 1 atom stereocenters. The zero-order valence-electron chi connectivity index (χ0n) is 23.7. The first kappa shape index (κ1) is 34.5. The van der Waals surface area contributed by atoms with E-state index in [1.54, 1.807) is 41.5 Å². The quantitative estimate of drug-likeness (QED) is 0.0924. The molecule has 210 valence electrons. The molecule has 0 unspecified atom stereocenters. The van der Waals surface area contributed by atoms with Crippen LogP contribution in [0.3, 0.4) is 0 Å². The van der Waals surface area contributed by atoms with Crippen molar-refractivity contribution in [3.63, 3.8) is 0 Å². The van der Waals surface area contributed by atoms with E-state index in [4.69, 9.17) is 18.3 Å². The molecule has 0 aliphatic heterocycles. The normalized spacial score (nSPS) is 13.7. The van der Waals surface area contributed by atoms with Crippen LogP contribution in [0.4, 0.5) is 0 Å². The molecule has 0 saturated carbocycles. The van der Waals surface area contributed by atoms with Gasteiger partial charge in [0.05, 0.1) is 17.8 Å². The molecule has 0 bridgehead atoms. The van der Waals surface area contributed by atoms with Crippen LogP contribution in [-0.4, -0.2) is 41.6 Å². The van der Waals surface area contributed by atoms with Gasteiger partial charge < -0.3 is 9.84 Å². The molecule has 0 rings (SSSR count). The van der Waals surface area contributed by atoms with Gasteiger partial charge in [0.1, 0.15) is 12.7 Å². The summed E-state index contributed by atoms with van der Waals surface area (Å²) < 4.78 is 34.4. The minimum absolute atomic E-state index is 0.220. The van der Waals surface area contributed by atoms with Crippen molar-refractivity contribution >= 4 is 13.8 Å². The number of esters is 1. The first-order valence-electron chi connectivity index (χ1n) is 13.8. The average molecular weight is 523 g/mol. The Morgan fingerprint density at radius 2 is 1.11 bits per heavy atom. The number of phosphoric ester groups is 1. The fourth-order valence-corrected chi connectivity index (χ4v) is 5.35. The lowest BCUT2D eigenvalue weighted by Crippen LogP contribution is -2.28. The summed E-state index contributed by atoms with van der Waals surface area (Å²) in [5.41, 5.74) is -1.52. The summed E-state index contributed by atoms with van der Waals surface area (Å²) in [6.45, 7) is 12.1. The molecule has 0 aliphatic carbocycles. The number of rotatable bonds is 21. The largest absolute Gasteiger partial charge is 0.475 e. The van der Waals surface area contributed by atoms with Crippen molar-refractivity contribution in [1.29, 1.82) is 0 Å². The van der Waals surface area contributed by atoms with E-state index in [1.807, 2.05) is 0 Å². The van der Waals surface area contributed by atoms with Crippen molar-refractivity contribution in [2.24, 2.45) is 0 Å². The van der Waals surface area contributed by atoms with E-state index in [0.29, 0.717) is 6.42 Å². The van der Waals surface area contributed by atoms with Gasteiger partial charge in [-0.05, 0) is 48.0 Å². The maximum atomic E-state index is 13.0. The van der Waals surface area contributed by atoms with Crippen LogP contribution in [0.25, 0.3) is 0 Å². The molecule has 0 aromatic heterocycles. The van der Waals surface area contributed by atoms with Crippen LogP contribution in [0.2, 0.25) is 0 Å². The Morgan fingerprint density at radius 1 is 0.714 bits per heavy atom. The molecule has 0 heterocycles. The molecule has 0 aromatic rings. The van der Waals surface area contributed by atoms with Crippen LogP contribution in [-0.2, 0) is 27.7 Å². The van der Waals surface area contributed by atoms with E-state index in [-0.39, 0.29) is 19.2 Å². The number of aliphatic hydroxyl groups is 1. The number of phosphoric acid groups is 1. The summed E-state index contributed by atoms with van der Waals surface area (Å²) in [4.78, 5) is 11.9. The number of hydrogen-bond acceptors (Lipinski definition) is 7. The van der Waals surface area contributed by atoms with Crippen molar-refractivity contribution in [2.45, 2.75) is 156 Å². The van der Waals surface area contributed by atoms with E-state index in [0.717, 1.165) is 19.3 Å². The predicted molar refractivity (Wildman–Crippen MR) is 143 cm³/mol. The van der Waals surface area contributed by atoms with Crippen LogP contribution in [0.15, 0.2) is 0 Å². The van der Waals surface area contributed by atoms with Gasteiger partial charge in [-0.3, -0.25) is 18.4 Å². The lowest BCUT2D eigenvalue weighted by Gasteiger charge is -2.31. The van der Waals surface area contributed by atoms with Gasteiger partial charge in [-0.15, -0.1) is 0 Å². The Hall–Kier alpha value is -0.460. The number of hydrogen-bond donors (Lipinski definition) is 1. The van der Waals surface area contributed by atoms with Crippen LogP contribution < -0.4 is 0 Å². The molecule has 0 fully saturated rings. The van der Waals surface area contributed by atoms with Gasteiger partial charge >= 0.3 is 13.8 Å². The smallest absolute Gasteiger partial charge is 0.463 e. The van der Waals surface area contributed by atoms with E-state index in [2.05, 4.69) is 6.92 Å². The van der Waals surface area contributed by atoms with Gasteiger partial charge in [-0.2, -0.15) is 0 Å². The number of carbonyl (C=O) groups is 1. The molecular weight excluding hydrogens is 467 g/mol. The summed E-state index contributed by atoms with van der Waals surface area (Å²) in [7, 11) is -3.91. The lowest BCUT2D eigenvalue weighted by molar-refractivity contribution is -0.147. The standard InChI is InChI=1S/C27H55O7P/c1-8-9-10-11-12-13-14-15-16-17-18-19-20-21-25(29)31-22-24(28)23-32-35(30,33-26(2,3)4)34-27(5,6)7/h24,28H,8-23H2,1-7H3/t24-/m0/s1. The fourth-order valence-electron chi connectivity index (χ4n) is 3.52. The Labute approximate surface area is 215 Å². The first-order chi connectivity index (χ1) is 16.3. The van der Waals surface area contributed by atoms with Crippen molar-refractivity contribution < 1.29 is 32.8 Å². The lowest BCUT2D eigenvalue weighted by atomic mass is 10.0. The maximum Gasteiger partial charge on any atom is 0.475 e. The van der Waals surface area contributed by atoms with Gasteiger partial charge in [-0.1, -0.05) is 84.0 Å². The molecular formula is C27H55O7P. The number of carbonyl (C=O) groups excluding carboxylic acids is 1. The molecule has 0 saturated heterocycles. The van der Waals surface area contributed by atoms with Gasteiger partial charge in [0, 0.05) is 6.42 Å². The number of aliphatic hydroxyl groups excluding tert-OH is 1. The highest BCUT2D eigenvalue weighted by Crippen LogP contribution is 2.55. The van der Waals surface area contributed by atoms with Crippen molar-refractivity contribution in [1.82, 2.24) is 0 Å². The van der Waals surface area contributed by atoms with Gasteiger partial charge in [0.15, 0.2) is 0 Å². The predicted octanol–water partition coefficient (Wildman–Crippen LogP) is 8.13. The van der Waals surface area contributed by atoms with E-state index in [9.17, 15) is 14.5 Å². The van der Waals surface area contributed by atoms with Crippen molar-refractivity contribution in [3.8, 4) is 0 Å². The highest BCUT2D eigenvalue weighted by atomic mass is 31.2. The van der Waals surface area contributed by atoms with Crippen LogP contribution in [0.5, 0.6) is 0 Å². The Kier molecular flexibility index (Phi) is 18.5. The summed E-state index contributed by atoms with van der Waals surface area (Å²) in [6.07, 6.45) is 15.5. The van der Waals surface area contributed by atoms with Crippen LogP contribution >= 0.6 is 7.82 Å². The average Bonchev–Trinajstić information content (AvgIpc) is 2.71. The van der Waals surface area contributed by atoms with Crippen LogP contribution in [0.1, 0.15) is 138 Å². The molecule has 0 aromatic carbocycles. The topological polar surface area (TPSA) is 91.3 Å². The SMILES string of the molecule is CCCCCCCCCCCCCCCC(=O)OC[C@H](O)COP(=O)(OC(C)(C)C)OC(C)(C)C. The van der Waals surface area contributed by atoms with E-state index in [1.165, 1.54) is 64.2 Å². The molecule has 35 heavy (non-hydrogen) atoms. The summed E-state index contributed by atoms with van der Waals surface area (Å²) in [6, 6.07) is 0. The first-order valence-corrected chi connectivity index (χ1v) is 15.2. The summed E-state index contributed by atoms with van der Waals surface area (Å²) in [5, 5.41) is 10.1. The molecule has 0 spiro atoms. The monoisotopic (exact) mass is 522 g/mol. The number of unbranched alkanes of at least 4 members (excludes halogenated alkanes) is 12. The minimum Gasteiger partial charge on any atom is -0.463 e. The summed E-state index contributed by atoms with van der Waals surface area (Å²) >= 11 is 0. The highest BCUT2D eigenvalue weighted by Gasteiger charge is 2.37. The molecule has 0 radical (unpaired) electrons. The number of ether oxygens (including phenoxy) is 1. The van der Waals surface area contributed by atoms with Crippen LogP contribution in [0, 0.1) is 0 Å². The van der Waals surface area contributed by atoms with Crippen molar-refractivity contribution in [2.75, 3.05) is 13.2 Å². The third-order valence-corrected chi connectivity index (χ3v) is 7.13. The zero-order chi connectivity index (χ0) is 26.8. The van der Waals surface area contributed by atoms with E-state index < -0.39 is 25.1 Å². The van der Waals surface area contributed by atoms with E-state index >= 15 is 0 Å². The highest BCUT2D eigenvalue weighted by molar-refractivity contribution is 7.48. The van der Waals surface area contributed by atoms with Gasteiger partial charge in [-0.25, -0.2) is 4.57 Å². The Morgan fingerprint density at radius 3 is 1.51 bits per heavy atom. The van der Waals surface area contributed by atoms with Crippen molar-refractivity contribution in [3.05, 3.63) is 0 Å². The third kappa shape index (κ3) is 23.7. The summed E-state index contributed by atoms with van der Waals surface area (Å²) in [5.74, 6) is -0.341. The molecule has 0 aliphatic rings. The Balaban J connectivity index is 3.90. The second-order valence-electron chi connectivity index (χ2n) is 11.5. The van der Waals surface area contributed by atoms with Gasteiger partial charge in [0.2, 0.25) is 0 Å². The second kappa shape index (κ2) is 18.7. The minimum atomic E-state index is -3.91. The third-order valence-electron chi connectivity index (χ3n) is 5.12. The molecule has 8 heteroatoms. The maximum absolute atomic E-state index is 13.0. The zero-order valence-corrected chi connectivity index (χ0v) is 24.6. The fraction of sp³-hybridized carbons (Fsp3) is 0.963. The molecule has 1 N–H and O–H groups in total. The molecule has 0 amide bonds. The second-order valence-corrected chi connectivity index (χ2v) is 13.0. The molecule has 7 nitrogen and oxygen atoms in total. The Bertz CT molecular complexity index is 561.